The Morgan fingerprint density at radius 1 is 0.862 bits per heavy atom. The Kier molecular flexibility index (Phi) is 12.8. The van der Waals surface area contributed by atoms with Crippen LogP contribution in [0.2, 0.25) is 0 Å². The van der Waals surface area contributed by atoms with E-state index in [1.165, 1.54) is 69.8 Å². The van der Waals surface area contributed by atoms with Crippen molar-refractivity contribution in [3.05, 3.63) is 35.9 Å². The molecule has 1 fully saturated rings. The van der Waals surface area contributed by atoms with Gasteiger partial charge >= 0.3 is 0 Å². The van der Waals surface area contributed by atoms with Crippen molar-refractivity contribution in [2.75, 3.05) is 13.1 Å². The average Bonchev–Trinajstić information content (AvgIpc) is 2.74. The van der Waals surface area contributed by atoms with E-state index < -0.39 is 0 Å². The van der Waals surface area contributed by atoms with Crippen LogP contribution >= 0.6 is 0 Å². The number of unbranched alkanes of at least 4 members (excludes halogenated alkanes) is 10. The summed E-state index contributed by atoms with van der Waals surface area (Å²) in [6.07, 6.45) is 17.5. The summed E-state index contributed by atoms with van der Waals surface area (Å²) in [5, 5.41) is 3.27. The quantitative estimate of drug-likeness (QED) is 0.342. The van der Waals surface area contributed by atoms with Gasteiger partial charge in [-0.25, -0.2) is 0 Å². The van der Waals surface area contributed by atoms with Crippen molar-refractivity contribution < 1.29 is 4.79 Å². The highest BCUT2D eigenvalue weighted by atomic mass is 16.1. The molecule has 3 heteroatoms. The maximum atomic E-state index is 12.2. The van der Waals surface area contributed by atoms with Gasteiger partial charge in [0.25, 0.3) is 0 Å². The van der Waals surface area contributed by atoms with Gasteiger partial charge in [-0.1, -0.05) is 101 Å². The predicted molar refractivity (Wildman–Crippen MR) is 124 cm³/mol. The topological polar surface area (TPSA) is 32.3 Å². The normalized spacial score (nSPS) is 15.5. The van der Waals surface area contributed by atoms with Crippen molar-refractivity contribution >= 4 is 5.91 Å². The molecule has 1 amide bonds. The molecule has 1 N–H and O–H groups in total. The van der Waals surface area contributed by atoms with E-state index in [9.17, 15) is 4.79 Å². The van der Waals surface area contributed by atoms with E-state index in [-0.39, 0.29) is 5.91 Å². The van der Waals surface area contributed by atoms with E-state index >= 15 is 0 Å². The summed E-state index contributed by atoms with van der Waals surface area (Å²) < 4.78 is 0. The summed E-state index contributed by atoms with van der Waals surface area (Å²) in [5.74, 6) is 0.266. The highest BCUT2D eigenvalue weighted by molar-refractivity contribution is 5.76. The number of nitrogens with one attached hydrogen (secondary N) is 1. The standard InChI is InChI=1S/C26H44N2O/c1-2-3-4-5-6-7-8-9-10-11-15-18-26(29)27-25-19-21-28(22-20-25)23-24-16-13-12-14-17-24/h12-14,16-17,25H,2-11,15,18-23H2,1H3,(H,27,29). The molecule has 2 rings (SSSR count). The lowest BCUT2D eigenvalue weighted by molar-refractivity contribution is -0.122. The Hall–Kier alpha value is -1.35. The number of hydrogen-bond donors (Lipinski definition) is 1. The molecule has 164 valence electrons. The number of amides is 1. The van der Waals surface area contributed by atoms with Crippen LogP contribution in [0.25, 0.3) is 0 Å². The van der Waals surface area contributed by atoms with Crippen molar-refractivity contribution in [2.24, 2.45) is 0 Å². The van der Waals surface area contributed by atoms with Gasteiger partial charge in [0.2, 0.25) is 5.91 Å². The predicted octanol–water partition coefficient (Wildman–Crippen LogP) is 6.47. The van der Waals surface area contributed by atoms with E-state index in [2.05, 4.69) is 47.5 Å². The van der Waals surface area contributed by atoms with Gasteiger partial charge in [0.15, 0.2) is 0 Å². The van der Waals surface area contributed by atoms with Crippen molar-refractivity contribution in [1.29, 1.82) is 0 Å². The summed E-state index contributed by atoms with van der Waals surface area (Å²) in [6, 6.07) is 11.1. The van der Waals surface area contributed by atoms with Crippen LogP contribution in [0.15, 0.2) is 30.3 Å². The van der Waals surface area contributed by atoms with Crippen LogP contribution in [0, 0.1) is 0 Å². The second-order valence-electron chi connectivity index (χ2n) is 8.89. The molecule has 0 aliphatic carbocycles. The lowest BCUT2D eigenvalue weighted by atomic mass is 10.0. The molecule has 0 radical (unpaired) electrons. The van der Waals surface area contributed by atoms with E-state index in [1.54, 1.807) is 0 Å². The number of benzene rings is 1. The van der Waals surface area contributed by atoms with E-state index in [0.717, 1.165) is 38.9 Å². The molecule has 1 aromatic rings. The molecule has 1 heterocycles. The lowest BCUT2D eigenvalue weighted by Crippen LogP contribution is -2.44. The van der Waals surface area contributed by atoms with Crippen LogP contribution in [0.1, 0.15) is 102 Å². The number of hydrogen-bond acceptors (Lipinski definition) is 2. The van der Waals surface area contributed by atoms with E-state index in [4.69, 9.17) is 0 Å². The fourth-order valence-corrected chi connectivity index (χ4v) is 4.33. The smallest absolute Gasteiger partial charge is 0.220 e. The van der Waals surface area contributed by atoms with Crippen LogP contribution in [0.3, 0.4) is 0 Å². The maximum Gasteiger partial charge on any atom is 0.220 e. The first-order chi connectivity index (χ1) is 14.3. The third-order valence-corrected chi connectivity index (χ3v) is 6.21. The lowest BCUT2D eigenvalue weighted by Gasteiger charge is -2.32. The minimum atomic E-state index is 0.266. The molecule has 1 aliphatic heterocycles. The Bertz CT molecular complexity index is 523. The summed E-state index contributed by atoms with van der Waals surface area (Å²) >= 11 is 0. The third kappa shape index (κ3) is 11.4. The molecule has 0 aromatic heterocycles. The van der Waals surface area contributed by atoms with Crippen LogP contribution in [-0.2, 0) is 11.3 Å². The van der Waals surface area contributed by atoms with Gasteiger partial charge in [-0.15, -0.1) is 0 Å². The van der Waals surface area contributed by atoms with Crippen molar-refractivity contribution in [3.63, 3.8) is 0 Å². The summed E-state index contributed by atoms with van der Waals surface area (Å²) in [4.78, 5) is 14.7. The molecule has 0 saturated carbocycles. The summed E-state index contributed by atoms with van der Waals surface area (Å²) in [5.41, 5.74) is 1.38. The molecule has 1 aromatic carbocycles. The van der Waals surface area contributed by atoms with E-state index in [0.29, 0.717) is 12.5 Å². The van der Waals surface area contributed by atoms with Crippen LogP contribution < -0.4 is 5.32 Å². The number of nitrogens with zero attached hydrogens (tertiary/aromatic N) is 1. The molecule has 1 saturated heterocycles. The summed E-state index contributed by atoms with van der Waals surface area (Å²) in [7, 11) is 0. The second-order valence-corrected chi connectivity index (χ2v) is 8.89. The molecule has 29 heavy (non-hydrogen) atoms. The number of rotatable bonds is 15. The first-order valence-electron chi connectivity index (χ1n) is 12.3. The highest BCUT2D eigenvalue weighted by Gasteiger charge is 2.20. The molecule has 3 nitrogen and oxygen atoms in total. The first kappa shape index (κ1) is 23.9. The number of piperidine rings is 1. The van der Waals surface area contributed by atoms with Crippen LogP contribution in [-0.4, -0.2) is 29.9 Å². The molecule has 0 bridgehead atoms. The zero-order valence-electron chi connectivity index (χ0n) is 18.8. The number of likely N-dealkylation sites (tertiary alicyclic amines) is 1. The monoisotopic (exact) mass is 400 g/mol. The Morgan fingerprint density at radius 2 is 1.41 bits per heavy atom. The first-order valence-corrected chi connectivity index (χ1v) is 12.3. The Labute approximate surface area is 179 Å². The highest BCUT2D eigenvalue weighted by Crippen LogP contribution is 2.15. The SMILES string of the molecule is CCCCCCCCCCCCCC(=O)NC1CCN(Cc2ccccc2)CC1. The number of carbonyl (C=O) groups excluding carboxylic acids is 1. The Morgan fingerprint density at radius 3 is 2.00 bits per heavy atom. The third-order valence-electron chi connectivity index (χ3n) is 6.21. The average molecular weight is 401 g/mol. The zero-order valence-corrected chi connectivity index (χ0v) is 18.8. The number of carbonyl (C=O) groups is 1. The largest absolute Gasteiger partial charge is 0.353 e. The molecule has 0 spiro atoms. The van der Waals surface area contributed by atoms with Crippen molar-refractivity contribution in [1.82, 2.24) is 10.2 Å². The minimum Gasteiger partial charge on any atom is -0.353 e. The van der Waals surface area contributed by atoms with Crippen molar-refractivity contribution in [2.45, 2.75) is 109 Å². The maximum absolute atomic E-state index is 12.2. The van der Waals surface area contributed by atoms with Crippen LogP contribution in [0.5, 0.6) is 0 Å². The van der Waals surface area contributed by atoms with E-state index in [1.807, 2.05) is 0 Å². The van der Waals surface area contributed by atoms with Gasteiger partial charge in [0.05, 0.1) is 0 Å². The summed E-state index contributed by atoms with van der Waals surface area (Å²) in [6.45, 7) is 5.47. The fraction of sp³-hybridized carbons (Fsp3) is 0.731. The molecule has 0 atom stereocenters. The van der Waals surface area contributed by atoms with Gasteiger partial charge in [-0.3, -0.25) is 9.69 Å². The van der Waals surface area contributed by atoms with Gasteiger partial charge in [0.1, 0.15) is 0 Å². The fourth-order valence-electron chi connectivity index (χ4n) is 4.33. The molecular weight excluding hydrogens is 356 g/mol. The second kappa shape index (κ2) is 15.5. The van der Waals surface area contributed by atoms with Crippen LogP contribution in [0.4, 0.5) is 0 Å². The van der Waals surface area contributed by atoms with Crippen molar-refractivity contribution in [3.8, 4) is 0 Å². The molecule has 1 aliphatic rings. The Balaban J connectivity index is 1.41. The van der Waals surface area contributed by atoms with Gasteiger partial charge in [-0.05, 0) is 24.8 Å². The minimum absolute atomic E-state index is 0.266. The van der Waals surface area contributed by atoms with Gasteiger partial charge in [0, 0.05) is 32.1 Å². The van der Waals surface area contributed by atoms with Gasteiger partial charge < -0.3 is 5.32 Å². The molecular formula is C26H44N2O. The molecule has 0 unspecified atom stereocenters. The zero-order chi connectivity index (χ0) is 20.6. The van der Waals surface area contributed by atoms with Gasteiger partial charge in [-0.2, -0.15) is 0 Å².